The lowest BCUT2D eigenvalue weighted by molar-refractivity contribution is 0.0758. The van der Waals surface area contributed by atoms with E-state index in [4.69, 9.17) is 0 Å². The number of aryl methyl sites for hydroxylation is 1. The smallest absolute Gasteiger partial charge is 0.253 e. The molecule has 0 unspecified atom stereocenters. The Morgan fingerprint density at radius 2 is 1.81 bits per heavy atom. The molecule has 3 nitrogen and oxygen atoms in total. The first kappa shape index (κ1) is 16.2. The van der Waals surface area contributed by atoms with Gasteiger partial charge in [0.1, 0.15) is 5.82 Å². The van der Waals surface area contributed by atoms with Crippen LogP contribution in [0.1, 0.15) is 28.8 Å². The van der Waals surface area contributed by atoms with Gasteiger partial charge in [-0.2, -0.15) is 0 Å². The molecule has 1 aromatic rings. The molecule has 0 aromatic heterocycles. The maximum Gasteiger partial charge on any atom is 0.253 e. The Balaban J connectivity index is 0.00000161. The van der Waals surface area contributed by atoms with E-state index in [1.807, 2.05) is 11.8 Å². The van der Waals surface area contributed by atoms with Crippen LogP contribution in [0.25, 0.3) is 0 Å². The normalized spacial score (nSPS) is 25.0. The highest BCUT2D eigenvalue weighted by Gasteiger charge is 2.31. The predicted octanol–water partition coefficient (Wildman–Crippen LogP) is 2.63. The van der Waals surface area contributed by atoms with E-state index in [0.717, 1.165) is 44.6 Å². The minimum Gasteiger partial charge on any atom is -0.339 e. The van der Waals surface area contributed by atoms with Crippen molar-refractivity contribution in [2.24, 2.45) is 11.8 Å². The molecule has 0 radical (unpaired) electrons. The van der Waals surface area contributed by atoms with Gasteiger partial charge < -0.3 is 10.2 Å². The Bertz CT molecular complexity index is 489. The molecule has 2 aliphatic rings. The van der Waals surface area contributed by atoms with Crippen LogP contribution in [0.4, 0.5) is 4.39 Å². The average Bonchev–Trinajstić information content (AvgIpc) is 2.76. The molecular formula is C16H22ClFN2O. The van der Waals surface area contributed by atoms with Gasteiger partial charge in [-0.3, -0.25) is 4.79 Å². The van der Waals surface area contributed by atoms with Gasteiger partial charge in [-0.1, -0.05) is 0 Å². The fraction of sp³-hybridized carbons (Fsp3) is 0.562. The van der Waals surface area contributed by atoms with E-state index in [1.54, 1.807) is 6.07 Å². The van der Waals surface area contributed by atoms with Crippen LogP contribution in [0.3, 0.4) is 0 Å². The number of likely N-dealkylation sites (tertiary alicyclic amines) is 1. The maximum absolute atomic E-state index is 13.4. The Labute approximate surface area is 131 Å². The minimum absolute atomic E-state index is 0. The summed E-state index contributed by atoms with van der Waals surface area (Å²) in [5, 5.41) is 3.43. The largest absolute Gasteiger partial charge is 0.339 e. The molecule has 3 rings (SSSR count). The van der Waals surface area contributed by atoms with Gasteiger partial charge in [0.25, 0.3) is 5.91 Å². The summed E-state index contributed by atoms with van der Waals surface area (Å²) in [5.41, 5.74) is 1.27. The van der Waals surface area contributed by atoms with Gasteiger partial charge in [0, 0.05) is 18.7 Å². The molecule has 5 heteroatoms. The summed E-state index contributed by atoms with van der Waals surface area (Å²) in [6.45, 7) is 5.55. The molecule has 1 N–H and O–H groups in total. The van der Waals surface area contributed by atoms with Gasteiger partial charge in [0.2, 0.25) is 0 Å². The number of amides is 1. The van der Waals surface area contributed by atoms with E-state index in [-0.39, 0.29) is 24.1 Å². The van der Waals surface area contributed by atoms with Crippen molar-refractivity contribution in [2.75, 3.05) is 26.2 Å². The lowest BCUT2D eigenvalue weighted by Gasteiger charge is -2.21. The van der Waals surface area contributed by atoms with Crippen molar-refractivity contribution < 1.29 is 9.18 Å². The molecule has 2 atom stereocenters. The van der Waals surface area contributed by atoms with Crippen molar-refractivity contribution in [2.45, 2.75) is 19.8 Å². The van der Waals surface area contributed by atoms with Crippen LogP contribution in [-0.2, 0) is 0 Å². The summed E-state index contributed by atoms with van der Waals surface area (Å²) < 4.78 is 13.4. The summed E-state index contributed by atoms with van der Waals surface area (Å²) in [7, 11) is 0. The molecule has 2 aliphatic heterocycles. The van der Waals surface area contributed by atoms with Gasteiger partial charge in [0.15, 0.2) is 0 Å². The fourth-order valence-corrected chi connectivity index (χ4v) is 3.46. The summed E-state index contributed by atoms with van der Waals surface area (Å²) >= 11 is 0. The zero-order chi connectivity index (χ0) is 14.1. The number of halogens is 2. The number of hydrogen-bond acceptors (Lipinski definition) is 2. The van der Waals surface area contributed by atoms with Crippen LogP contribution in [0.15, 0.2) is 18.2 Å². The monoisotopic (exact) mass is 312 g/mol. The number of fused-ring (bicyclic) bond motifs is 1. The predicted molar refractivity (Wildman–Crippen MR) is 83.4 cm³/mol. The van der Waals surface area contributed by atoms with Crippen LogP contribution in [0.5, 0.6) is 0 Å². The van der Waals surface area contributed by atoms with Crippen molar-refractivity contribution in [1.29, 1.82) is 0 Å². The molecule has 2 heterocycles. The Morgan fingerprint density at radius 1 is 1.19 bits per heavy atom. The SMILES string of the molecule is Cc1cc(F)cc(C(=O)N2CC[C@@H]3CNC[C@@H]3CC2)c1.Cl. The molecule has 0 saturated carbocycles. The van der Waals surface area contributed by atoms with Gasteiger partial charge in [0.05, 0.1) is 0 Å². The van der Waals surface area contributed by atoms with Crippen LogP contribution < -0.4 is 5.32 Å². The summed E-state index contributed by atoms with van der Waals surface area (Å²) in [5.74, 6) is 1.04. The second kappa shape index (κ2) is 6.75. The third kappa shape index (κ3) is 3.55. The molecule has 0 bridgehead atoms. The maximum atomic E-state index is 13.4. The van der Waals surface area contributed by atoms with E-state index in [2.05, 4.69) is 5.32 Å². The van der Waals surface area contributed by atoms with Crippen molar-refractivity contribution >= 4 is 18.3 Å². The van der Waals surface area contributed by atoms with Crippen molar-refractivity contribution in [3.05, 3.63) is 35.1 Å². The molecule has 1 aromatic carbocycles. The zero-order valence-corrected chi connectivity index (χ0v) is 13.1. The summed E-state index contributed by atoms with van der Waals surface area (Å²) in [4.78, 5) is 14.4. The summed E-state index contributed by atoms with van der Waals surface area (Å²) in [6, 6.07) is 4.58. The number of nitrogens with one attached hydrogen (secondary N) is 1. The van der Waals surface area contributed by atoms with E-state index in [9.17, 15) is 9.18 Å². The Hall–Kier alpha value is -1.13. The highest BCUT2D eigenvalue weighted by atomic mass is 35.5. The van der Waals surface area contributed by atoms with E-state index in [0.29, 0.717) is 17.4 Å². The molecule has 1 amide bonds. The minimum atomic E-state index is -0.329. The highest BCUT2D eigenvalue weighted by Crippen LogP contribution is 2.27. The standard InChI is InChI=1S/C16H21FN2O.ClH/c1-11-6-14(8-15(17)7-11)16(20)19-4-2-12-9-18-10-13(12)3-5-19;/h6-8,12-13,18H,2-5,9-10H2,1H3;1H/t12-,13+;. The number of nitrogens with zero attached hydrogens (tertiary/aromatic N) is 1. The Kier molecular flexibility index (Phi) is 5.22. The molecule has 0 aliphatic carbocycles. The molecule has 0 spiro atoms. The molecule has 2 fully saturated rings. The molecule has 21 heavy (non-hydrogen) atoms. The quantitative estimate of drug-likeness (QED) is 0.864. The van der Waals surface area contributed by atoms with Crippen molar-refractivity contribution in [1.82, 2.24) is 10.2 Å². The number of benzene rings is 1. The Morgan fingerprint density at radius 3 is 2.38 bits per heavy atom. The van der Waals surface area contributed by atoms with Crippen molar-refractivity contribution in [3.8, 4) is 0 Å². The summed E-state index contributed by atoms with van der Waals surface area (Å²) in [6.07, 6.45) is 2.11. The average molecular weight is 313 g/mol. The zero-order valence-electron chi connectivity index (χ0n) is 12.3. The number of rotatable bonds is 1. The second-order valence-corrected chi connectivity index (χ2v) is 6.07. The van der Waals surface area contributed by atoms with E-state index < -0.39 is 0 Å². The first-order valence-corrected chi connectivity index (χ1v) is 7.40. The third-order valence-corrected chi connectivity index (χ3v) is 4.60. The molecule has 2 saturated heterocycles. The first-order valence-electron chi connectivity index (χ1n) is 7.40. The van der Waals surface area contributed by atoms with Crippen molar-refractivity contribution in [3.63, 3.8) is 0 Å². The lowest BCUT2D eigenvalue weighted by Crippen LogP contribution is -2.32. The van der Waals surface area contributed by atoms with Crippen LogP contribution in [-0.4, -0.2) is 37.0 Å². The number of carbonyl (C=O) groups is 1. The highest BCUT2D eigenvalue weighted by molar-refractivity contribution is 5.94. The van der Waals surface area contributed by atoms with Crippen LogP contribution >= 0.6 is 12.4 Å². The second-order valence-electron chi connectivity index (χ2n) is 6.07. The van der Waals surface area contributed by atoms with Gasteiger partial charge in [-0.25, -0.2) is 4.39 Å². The number of carbonyl (C=O) groups excluding carboxylic acids is 1. The van der Waals surface area contributed by atoms with Gasteiger partial charge in [-0.05, 0) is 68.5 Å². The van der Waals surface area contributed by atoms with E-state index in [1.165, 1.54) is 12.1 Å². The fourth-order valence-electron chi connectivity index (χ4n) is 3.46. The third-order valence-electron chi connectivity index (χ3n) is 4.60. The molecular weight excluding hydrogens is 291 g/mol. The first-order chi connectivity index (χ1) is 9.63. The van der Waals surface area contributed by atoms with E-state index >= 15 is 0 Å². The molecule has 116 valence electrons. The van der Waals surface area contributed by atoms with Gasteiger partial charge >= 0.3 is 0 Å². The van der Waals surface area contributed by atoms with Crippen LogP contribution in [0, 0.1) is 24.6 Å². The van der Waals surface area contributed by atoms with Gasteiger partial charge in [-0.15, -0.1) is 12.4 Å². The van der Waals surface area contributed by atoms with Crippen LogP contribution in [0.2, 0.25) is 0 Å². The number of hydrogen-bond donors (Lipinski definition) is 1. The lowest BCUT2D eigenvalue weighted by atomic mass is 9.92. The topological polar surface area (TPSA) is 32.3 Å².